The molecule has 0 unspecified atom stereocenters. The zero-order valence-corrected chi connectivity index (χ0v) is 18.8. The first-order chi connectivity index (χ1) is 16.8. The van der Waals surface area contributed by atoms with Gasteiger partial charge in [0.25, 0.3) is 5.56 Å². The van der Waals surface area contributed by atoms with Gasteiger partial charge in [-0.25, -0.2) is 22.9 Å². The van der Waals surface area contributed by atoms with Gasteiger partial charge in [0.05, 0.1) is 5.69 Å². The topological polar surface area (TPSA) is 106 Å². The van der Waals surface area contributed by atoms with Crippen LogP contribution in [0.15, 0.2) is 53.3 Å². The van der Waals surface area contributed by atoms with E-state index in [0.29, 0.717) is 11.1 Å². The SMILES string of the molecule is CNC(=O)N(CCN)c1nc(-c2ccc(F)cc2C)c2ccc(=O)n(-c3c(F)cccc3F)c2n1. The summed E-state index contributed by atoms with van der Waals surface area (Å²) in [6.45, 7) is 1.73. The Morgan fingerprint density at radius 3 is 2.43 bits per heavy atom. The number of urea groups is 1. The smallest absolute Gasteiger partial charge is 0.324 e. The maximum absolute atomic E-state index is 14.8. The van der Waals surface area contributed by atoms with E-state index in [2.05, 4.69) is 15.3 Å². The van der Waals surface area contributed by atoms with Gasteiger partial charge in [0, 0.05) is 37.2 Å². The highest BCUT2D eigenvalue weighted by Crippen LogP contribution is 2.32. The largest absolute Gasteiger partial charge is 0.341 e. The third-order valence-corrected chi connectivity index (χ3v) is 5.40. The van der Waals surface area contributed by atoms with Gasteiger partial charge >= 0.3 is 6.03 Å². The average Bonchev–Trinajstić information content (AvgIpc) is 2.82. The second-order valence-corrected chi connectivity index (χ2v) is 7.64. The fourth-order valence-electron chi connectivity index (χ4n) is 3.80. The molecule has 2 aromatic heterocycles. The average molecular weight is 482 g/mol. The van der Waals surface area contributed by atoms with Crippen LogP contribution in [0.25, 0.3) is 28.0 Å². The quantitative estimate of drug-likeness (QED) is 0.454. The Labute approximate surface area is 197 Å². The van der Waals surface area contributed by atoms with E-state index in [1.54, 1.807) is 6.92 Å². The molecule has 2 aromatic carbocycles. The Morgan fingerprint density at radius 2 is 1.80 bits per heavy atom. The van der Waals surface area contributed by atoms with E-state index in [9.17, 15) is 22.8 Å². The fraction of sp³-hybridized carbons (Fsp3) is 0.167. The second-order valence-electron chi connectivity index (χ2n) is 7.64. The summed E-state index contributed by atoms with van der Waals surface area (Å²) in [5.41, 5.74) is 5.38. The van der Waals surface area contributed by atoms with E-state index in [1.165, 1.54) is 37.4 Å². The number of aromatic nitrogens is 3. The number of anilines is 1. The standard InChI is InChI=1S/C24H21F3N6O2/c1-13-12-14(25)6-7-15(13)20-16-8-9-19(34)33(21-17(26)4-3-5-18(21)27)22(16)31-23(30-20)32(11-10-28)24(35)29-2/h3-9,12H,10-11,28H2,1-2H3,(H,29,35). The molecule has 0 radical (unpaired) electrons. The number of hydrogen-bond acceptors (Lipinski definition) is 5. The molecule has 8 nitrogen and oxygen atoms in total. The minimum Gasteiger partial charge on any atom is -0.341 e. The molecule has 2 amide bonds. The van der Waals surface area contributed by atoms with Crippen LogP contribution in [0.4, 0.5) is 23.9 Å². The van der Waals surface area contributed by atoms with Crippen molar-refractivity contribution in [1.29, 1.82) is 0 Å². The molecule has 0 atom stereocenters. The normalized spacial score (nSPS) is 11.0. The van der Waals surface area contributed by atoms with Crippen molar-refractivity contribution in [3.8, 4) is 16.9 Å². The highest BCUT2D eigenvalue weighted by Gasteiger charge is 2.24. The number of carbonyl (C=O) groups is 1. The number of benzene rings is 2. The second kappa shape index (κ2) is 9.55. The summed E-state index contributed by atoms with van der Waals surface area (Å²) in [6.07, 6.45) is 0. The van der Waals surface area contributed by atoms with Crippen molar-refractivity contribution >= 4 is 23.0 Å². The van der Waals surface area contributed by atoms with Crippen molar-refractivity contribution in [1.82, 2.24) is 19.9 Å². The van der Waals surface area contributed by atoms with E-state index in [1.807, 2.05) is 0 Å². The van der Waals surface area contributed by atoms with Crippen molar-refractivity contribution in [2.45, 2.75) is 6.92 Å². The zero-order chi connectivity index (χ0) is 25.3. The summed E-state index contributed by atoms with van der Waals surface area (Å²) < 4.78 is 44.1. The first-order valence-electron chi connectivity index (χ1n) is 10.6. The molecule has 35 heavy (non-hydrogen) atoms. The summed E-state index contributed by atoms with van der Waals surface area (Å²) in [6, 6.07) is 9.20. The number of amides is 2. The molecule has 0 fully saturated rings. The lowest BCUT2D eigenvalue weighted by Crippen LogP contribution is -2.42. The lowest BCUT2D eigenvalue weighted by Gasteiger charge is -2.22. The third-order valence-electron chi connectivity index (χ3n) is 5.40. The van der Waals surface area contributed by atoms with Crippen LogP contribution in [0.2, 0.25) is 0 Å². The number of nitrogens with zero attached hydrogens (tertiary/aromatic N) is 4. The molecule has 0 spiro atoms. The number of aryl methyl sites for hydroxylation is 1. The van der Waals surface area contributed by atoms with Gasteiger partial charge in [-0.2, -0.15) is 4.98 Å². The van der Waals surface area contributed by atoms with Gasteiger partial charge in [-0.15, -0.1) is 0 Å². The number of hydrogen-bond donors (Lipinski definition) is 2. The van der Waals surface area contributed by atoms with Crippen LogP contribution < -0.4 is 21.5 Å². The highest BCUT2D eigenvalue weighted by atomic mass is 19.1. The number of nitrogens with two attached hydrogens (primary N) is 1. The number of para-hydroxylation sites is 1. The van der Waals surface area contributed by atoms with Crippen molar-refractivity contribution in [2.75, 3.05) is 25.0 Å². The number of pyridine rings is 1. The van der Waals surface area contributed by atoms with E-state index in [0.717, 1.165) is 27.7 Å². The number of rotatable bonds is 5. The maximum atomic E-state index is 14.8. The van der Waals surface area contributed by atoms with Gasteiger partial charge in [0.15, 0.2) is 5.65 Å². The molecule has 4 aromatic rings. The predicted molar refractivity (Wildman–Crippen MR) is 126 cm³/mol. The van der Waals surface area contributed by atoms with Crippen LogP contribution in [-0.4, -0.2) is 40.7 Å². The molecule has 0 bridgehead atoms. The first kappa shape index (κ1) is 23.9. The Morgan fingerprint density at radius 1 is 1.09 bits per heavy atom. The lowest BCUT2D eigenvalue weighted by molar-refractivity contribution is 0.248. The maximum Gasteiger partial charge on any atom is 0.324 e. The molecule has 11 heteroatoms. The Kier molecular flexibility index (Phi) is 6.52. The van der Waals surface area contributed by atoms with Gasteiger partial charge in [0.2, 0.25) is 5.95 Å². The van der Waals surface area contributed by atoms with Crippen LogP contribution >= 0.6 is 0 Å². The van der Waals surface area contributed by atoms with E-state index >= 15 is 0 Å². The summed E-state index contributed by atoms with van der Waals surface area (Å²) in [4.78, 5) is 35.5. The lowest BCUT2D eigenvalue weighted by atomic mass is 10.0. The van der Waals surface area contributed by atoms with Gasteiger partial charge in [-0.3, -0.25) is 14.3 Å². The summed E-state index contributed by atoms with van der Waals surface area (Å²) in [7, 11) is 1.41. The summed E-state index contributed by atoms with van der Waals surface area (Å²) >= 11 is 0. The van der Waals surface area contributed by atoms with Crippen LogP contribution in [0.5, 0.6) is 0 Å². The van der Waals surface area contributed by atoms with Gasteiger partial charge in [-0.1, -0.05) is 6.07 Å². The van der Waals surface area contributed by atoms with E-state index < -0.39 is 34.7 Å². The van der Waals surface area contributed by atoms with Crippen LogP contribution in [0, 0.1) is 24.4 Å². The molecule has 0 saturated heterocycles. The number of nitrogens with one attached hydrogen (secondary N) is 1. The summed E-state index contributed by atoms with van der Waals surface area (Å²) in [5, 5.41) is 2.72. The molecule has 0 aliphatic carbocycles. The summed E-state index contributed by atoms with van der Waals surface area (Å²) in [5.74, 6) is -2.59. The molecular weight excluding hydrogens is 461 g/mol. The van der Waals surface area contributed by atoms with Crippen LogP contribution in [0.3, 0.4) is 0 Å². The molecule has 4 rings (SSSR count). The van der Waals surface area contributed by atoms with Crippen molar-refractivity contribution in [3.05, 3.63) is 81.9 Å². The van der Waals surface area contributed by atoms with Crippen molar-refractivity contribution in [2.24, 2.45) is 5.73 Å². The van der Waals surface area contributed by atoms with Gasteiger partial charge < -0.3 is 11.1 Å². The number of carbonyl (C=O) groups excluding carboxylic acids is 1. The molecule has 0 aliphatic rings. The fourth-order valence-corrected chi connectivity index (χ4v) is 3.80. The molecule has 0 aliphatic heterocycles. The minimum absolute atomic E-state index is 0.0120. The molecule has 0 saturated carbocycles. The van der Waals surface area contributed by atoms with Gasteiger partial charge in [0.1, 0.15) is 23.1 Å². The van der Waals surface area contributed by atoms with Crippen molar-refractivity contribution < 1.29 is 18.0 Å². The van der Waals surface area contributed by atoms with Gasteiger partial charge in [-0.05, 0) is 48.9 Å². The Hall–Kier alpha value is -4.25. The van der Waals surface area contributed by atoms with Crippen LogP contribution in [0.1, 0.15) is 5.56 Å². The third kappa shape index (κ3) is 4.33. The number of fused-ring (bicyclic) bond motifs is 1. The number of halogens is 3. The molecular formula is C24H21F3N6O2. The monoisotopic (exact) mass is 482 g/mol. The van der Waals surface area contributed by atoms with E-state index in [4.69, 9.17) is 5.73 Å². The molecule has 180 valence electrons. The molecule has 3 N–H and O–H groups in total. The molecule has 2 heterocycles. The first-order valence-corrected chi connectivity index (χ1v) is 10.6. The predicted octanol–water partition coefficient (Wildman–Crippen LogP) is 3.28. The highest BCUT2D eigenvalue weighted by molar-refractivity contribution is 5.96. The van der Waals surface area contributed by atoms with Crippen molar-refractivity contribution in [3.63, 3.8) is 0 Å². The minimum atomic E-state index is -0.982. The zero-order valence-electron chi connectivity index (χ0n) is 18.8. The Bertz CT molecular complexity index is 1480. The Balaban J connectivity index is 2.17. The van der Waals surface area contributed by atoms with Crippen LogP contribution in [-0.2, 0) is 0 Å². The van der Waals surface area contributed by atoms with E-state index in [-0.39, 0.29) is 35.8 Å².